The highest BCUT2D eigenvalue weighted by atomic mass is 32.2. The van der Waals surface area contributed by atoms with Crippen LogP contribution in [0.4, 0.5) is 0 Å². The summed E-state index contributed by atoms with van der Waals surface area (Å²) in [7, 11) is 1.76. The molecule has 3 aromatic rings. The molecular formula is C21H20N4O2S. The van der Waals surface area contributed by atoms with Crippen LogP contribution in [0.1, 0.15) is 31.8 Å². The highest BCUT2D eigenvalue weighted by Crippen LogP contribution is 2.25. The van der Waals surface area contributed by atoms with Gasteiger partial charge in [0.2, 0.25) is 5.91 Å². The number of carbonyl (C=O) groups excluding carboxylic acids is 2. The molecule has 0 aliphatic carbocycles. The summed E-state index contributed by atoms with van der Waals surface area (Å²) in [5.74, 6) is 0.0832. The lowest BCUT2D eigenvalue weighted by molar-refractivity contribution is 0.0780. The summed E-state index contributed by atoms with van der Waals surface area (Å²) in [5, 5.41) is 0.671. The second-order valence-corrected chi connectivity index (χ2v) is 7.19. The highest BCUT2D eigenvalue weighted by molar-refractivity contribution is 7.98. The predicted octanol–water partition coefficient (Wildman–Crippen LogP) is 3.14. The Bertz CT molecular complexity index is 962. The van der Waals surface area contributed by atoms with Crippen molar-refractivity contribution < 1.29 is 9.59 Å². The molecule has 0 aliphatic heterocycles. The van der Waals surface area contributed by atoms with Gasteiger partial charge in [0.1, 0.15) is 5.03 Å². The van der Waals surface area contributed by atoms with Crippen molar-refractivity contribution in [1.82, 2.24) is 14.9 Å². The molecule has 7 heteroatoms. The van der Waals surface area contributed by atoms with Crippen molar-refractivity contribution in [3.63, 3.8) is 0 Å². The van der Waals surface area contributed by atoms with E-state index in [-0.39, 0.29) is 5.91 Å². The molecule has 0 bridgehead atoms. The first-order valence-electron chi connectivity index (χ1n) is 8.65. The van der Waals surface area contributed by atoms with Gasteiger partial charge >= 0.3 is 0 Å². The Hall–Kier alpha value is -3.19. The highest BCUT2D eigenvalue weighted by Gasteiger charge is 2.17. The van der Waals surface area contributed by atoms with Gasteiger partial charge in [-0.25, -0.2) is 4.98 Å². The quantitative estimate of drug-likeness (QED) is 0.624. The number of carbonyl (C=O) groups is 2. The third kappa shape index (κ3) is 4.95. The van der Waals surface area contributed by atoms with Crippen LogP contribution in [0.15, 0.2) is 72.1 Å². The lowest BCUT2D eigenvalue weighted by atomic mass is 10.1. The van der Waals surface area contributed by atoms with Crippen LogP contribution in [0.25, 0.3) is 0 Å². The first kappa shape index (κ1) is 19.6. The van der Waals surface area contributed by atoms with E-state index >= 15 is 0 Å². The van der Waals surface area contributed by atoms with Gasteiger partial charge in [0, 0.05) is 43.5 Å². The number of thioether (sulfide) groups is 1. The second-order valence-electron chi connectivity index (χ2n) is 6.23. The smallest absolute Gasteiger partial charge is 0.256 e. The van der Waals surface area contributed by atoms with Crippen LogP contribution in [-0.2, 0) is 12.3 Å². The van der Waals surface area contributed by atoms with Crippen molar-refractivity contribution in [1.29, 1.82) is 0 Å². The van der Waals surface area contributed by atoms with Crippen molar-refractivity contribution in [2.45, 2.75) is 17.3 Å². The molecule has 2 heterocycles. The van der Waals surface area contributed by atoms with E-state index in [1.165, 1.54) is 11.8 Å². The molecule has 0 saturated heterocycles. The van der Waals surface area contributed by atoms with E-state index in [1.807, 2.05) is 24.3 Å². The van der Waals surface area contributed by atoms with Gasteiger partial charge in [0.05, 0.1) is 5.56 Å². The molecule has 2 aromatic heterocycles. The number of primary amides is 1. The zero-order valence-electron chi connectivity index (χ0n) is 15.4. The Morgan fingerprint density at radius 1 is 1.04 bits per heavy atom. The molecule has 0 unspecified atom stereocenters. The Morgan fingerprint density at radius 3 is 2.46 bits per heavy atom. The molecule has 0 radical (unpaired) electrons. The summed E-state index contributed by atoms with van der Waals surface area (Å²) >= 11 is 1.48. The van der Waals surface area contributed by atoms with Crippen molar-refractivity contribution in [2.75, 3.05) is 7.05 Å². The second kappa shape index (κ2) is 9.14. The fourth-order valence-corrected chi connectivity index (χ4v) is 3.57. The monoisotopic (exact) mass is 392 g/mol. The van der Waals surface area contributed by atoms with E-state index < -0.39 is 5.91 Å². The molecule has 0 aliphatic rings. The molecule has 142 valence electrons. The van der Waals surface area contributed by atoms with Crippen LogP contribution in [0.2, 0.25) is 0 Å². The number of amides is 2. The molecular weight excluding hydrogens is 372 g/mol. The van der Waals surface area contributed by atoms with E-state index in [0.29, 0.717) is 28.5 Å². The molecule has 1 aromatic carbocycles. The third-order valence-corrected chi connectivity index (χ3v) is 5.18. The number of aromatic nitrogens is 2. The SMILES string of the molecule is CN(Cc1cccnc1)C(=O)c1cccnc1SCc1ccc(C(N)=O)cc1. The number of benzene rings is 1. The number of nitrogens with two attached hydrogens (primary N) is 1. The molecule has 0 atom stereocenters. The summed E-state index contributed by atoms with van der Waals surface area (Å²) in [5.41, 5.74) is 8.28. The summed E-state index contributed by atoms with van der Waals surface area (Å²) in [6.45, 7) is 0.472. The fraction of sp³-hybridized carbons (Fsp3) is 0.143. The number of hydrogen-bond donors (Lipinski definition) is 1. The Kier molecular flexibility index (Phi) is 6.39. The molecule has 0 fully saturated rings. The van der Waals surface area contributed by atoms with E-state index in [4.69, 9.17) is 5.73 Å². The van der Waals surface area contributed by atoms with E-state index in [2.05, 4.69) is 9.97 Å². The van der Waals surface area contributed by atoms with Gasteiger partial charge < -0.3 is 10.6 Å². The minimum absolute atomic E-state index is 0.0940. The molecule has 3 rings (SSSR count). The van der Waals surface area contributed by atoms with Gasteiger partial charge in [-0.15, -0.1) is 11.8 Å². The van der Waals surface area contributed by atoms with Crippen molar-refractivity contribution in [2.24, 2.45) is 5.73 Å². The normalized spacial score (nSPS) is 10.5. The molecule has 28 heavy (non-hydrogen) atoms. The zero-order chi connectivity index (χ0) is 19.9. The topological polar surface area (TPSA) is 89.2 Å². The number of hydrogen-bond acceptors (Lipinski definition) is 5. The Balaban J connectivity index is 1.69. The third-order valence-electron chi connectivity index (χ3n) is 4.10. The fourth-order valence-electron chi connectivity index (χ4n) is 2.63. The van der Waals surface area contributed by atoms with E-state index in [9.17, 15) is 9.59 Å². The largest absolute Gasteiger partial charge is 0.366 e. The van der Waals surface area contributed by atoms with E-state index in [1.54, 1.807) is 54.8 Å². The molecule has 6 nitrogen and oxygen atoms in total. The number of nitrogens with zero attached hydrogens (tertiary/aromatic N) is 3. The average Bonchev–Trinajstić information content (AvgIpc) is 2.73. The van der Waals surface area contributed by atoms with Crippen LogP contribution >= 0.6 is 11.8 Å². The maximum atomic E-state index is 12.9. The lowest BCUT2D eigenvalue weighted by Gasteiger charge is -2.18. The summed E-state index contributed by atoms with van der Waals surface area (Å²) < 4.78 is 0. The lowest BCUT2D eigenvalue weighted by Crippen LogP contribution is -2.27. The van der Waals surface area contributed by atoms with E-state index in [0.717, 1.165) is 11.1 Å². The van der Waals surface area contributed by atoms with Crippen LogP contribution in [0.5, 0.6) is 0 Å². The first-order valence-corrected chi connectivity index (χ1v) is 9.64. The average molecular weight is 392 g/mol. The van der Waals surface area contributed by atoms with Crippen LogP contribution in [0, 0.1) is 0 Å². The maximum Gasteiger partial charge on any atom is 0.256 e. The summed E-state index contributed by atoms with van der Waals surface area (Å²) in [4.78, 5) is 34.2. The maximum absolute atomic E-state index is 12.9. The van der Waals surface area contributed by atoms with Gasteiger partial charge in [0.15, 0.2) is 0 Å². The summed E-state index contributed by atoms with van der Waals surface area (Å²) in [6.07, 6.45) is 5.13. The molecule has 0 saturated carbocycles. The molecule has 2 N–H and O–H groups in total. The molecule has 2 amide bonds. The van der Waals surface area contributed by atoms with Crippen molar-refractivity contribution >= 4 is 23.6 Å². The Morgan fingerprint density at radius 2 is 1.79 bits per heavy atom. The van der Waals surface area contributed by atoms with Crippen LogP contribution in [0.3, 0.4) is 0 Å². The minimum Gasteiger partial charge on any atom is -0.366 e. The first-order chi connectivity index (χ1) is 13.5. The van der Waals surface area contributed by atoms with Crippen molar-refractivity contribution in [3.05, 3.63) is 89.4 Å². The predicted molar refractivity (Wildman–Crippen MR) is 109 cm³/mol. The Labute approximate surface area is 167 Å². The number of pyridine rings is 2. The van der Waals surface area contributed by atoms with Gasteiger partial charge in [-0.3, -0.25) is 14.6 Å². The standard InChI is InChI=1S/C21H20N4O2S/c1-25(13-16-4-2-10-23-12-16)21(27)18-5-3-11-24-20(18)28-14-15-6-8-17(9-7-15)19(22)26/h2-12H,13-14H2,1H3,(H2,22,26). The molecule has 0 spiro atoms. The van der Waals surface area contributed by atoms with Gasteiger partial charge in [-0.2, -0.15) is 0 Å². The van der Waals surface area contributed by atoms with Gasteiger partial charge in [-0.05, 0) is 41.5 Å². The van der Waals surface area contributed by atoms with Crippen molar-refractivity contribution in [3.8, 4) is 0 Å². The summed E-state index contributed by atoms with van der Waals surface area (Å²) in [6, 6.07) is 14.4. The minimum atomic E-state index is -0.450. The zero-order valence-corrected chi connectivity index (χ0v) is 16.2. The number of rotatable bonds is 7. The van der Waals surface area contributed by atoms with Gasteiger partial charge in [-0.1, -0.05) is 18.2 Å². The van der Waals surface area contributed by atoms with Crippen LogP contribution < -0.4 is 5.73 Å². The van der Waals surface area contributed by atoms with Crippen LogP contribution in [-0.4, -0.2) is 33.7 Å². The van der Waals surface area contributed by atoms with Gasteiger partial charge in [0.25, 0.3) is 5.91 Å².